The fourth-order valence-electron chi connectivity index (χ4n) is 4.62. The zero-order valence-corrected chi connectivity index (χ0v) is 26.7. The molecule has 0 heterocycles. The van der Waals surface area contributed by atoms with Crippen molar-refractivity contribution in [3.63, 3.8) is 0 Å². The molecule has 0 aliphatic rings. The van der Waals surface area contributed by atoms with Crippen LogP contribution in [0.2, 0.25) is 5.02 Å². The van der Waals surface area contributed by atoms with Gasteiger partial charge in [0.2, 0.25) is 5.91 Å². The fraction of sp³-hybridized carbons (Fsp3) is 0.545. The van der Waals surface area contributed by atoms with E-state index in [2.05, 4.69) is 17.6 Å². The van der Waals surface area contributed by atoms with Crippen LogP contribution in [-0.2, 0) is 14.3 Å². The van der Waals surface area contributed by atoms with Crippen molar-refractivity contribution >= 4 is 35.2 Å². The minimum absolute atomic E-state index is 0.109. The van der Waals surface area contributed by atoms with Gasteiger partial charge in [-0.1, -0.05) is 93.6 Å². The summed E-state index contributed by atoms with van der Waals surface area (Å²) in [7, 11) is 0. The van der Waals surface area contributed by atoms with Crippen LogP contribution in [-0.4, -0.2) is 41.0 Å². The molecular weight excluding hydrogens is 538 g/mol. The molecule has 41 heavy (non-hydrogen) atoms. The summed E-state index contributed by atoms with van der Waals surface area (Å²) in [5, 5.41) is 6.23. The Bertz CT molecular complexity index is 1140. The fourth-order valence-corrected chi connectivity index (χ4v) is 4.89. The number of aryl methyl sites for hydroxylation is 2. The Morgan fingerprint density at radius 2 is 1.63 bits per heavy atom. The Morgan fingerprint density at radius 3 is 2.20 bits per heavy atom. The first-order chi connectivity index (χ1) is 19.2. The van der Waals surface area contributed by atoms with E-state index in [1.54, 1.807) is 31.7 Å². The molecule has 2 aromatic rings. The third kappa shape index (κ3) is 11.0. The number of nitrogens with one attached hydrogen (secondary N) is 2. The molecule has 0 bridgehead atoms. The van der Waals surface area contributed by atoms with Crippen LogP contribution in [0.1, 0.15) is 96.4 Å². The van der Waals surface area contributed by atoms with Gasteiger partial charge in [0.1, 0.15) is 17.7 Å². The van der Waals surface area contributed by atoms with Crippen molar-refractivity contribution in [1.29, 1.82) is 0 Å². The average molecular weight is 586 g/mol. The second kappa shape index (κ2) is 15.8. The molecule has 0 spiro atoms. The lowest BCUT2D eigenvalue weighted by molar-refractivity contribution is -0.141. The number of hydrogen-bond donors (Lipinski definition) is 2. The number of ether oxygens (including phenoxy) is 1. The number of benzene rings is 2. The van der Waals surface area contributed by atoms with Crippen molar-refractivity contribution in [2.45, 2.75) is 105 Å². The van der Waals surface area contributed by atoms with Crippen LogP contribution < -0.4 is 10.6 Å². The maximum atomic E-state index is 14.4. The predicted molar refractivity (Wildman–Crippen MR) is 167 cm³/mol. The van der Waals surface area contributed by atoms with Crippen molar-refractivity contribution in [3.8, 4) is 0 Å². The number of hydrogen-bond acceptors (Lipinski definition) is 4. The van der Waals surface area contributed by atoms with E-state index in [1.165, 1.54) is 0 Å². The molecule has 2 N–H and O–H groups in total. The summed E-state index contributed by atoms with van der Waals surface area (Å²) in [6, 6.07) is 11.2. The highest BCUT2D eigenvalue weighted by molar-refractivity contribution is 6.34. The summed E-state index contributed by atoms with van der Waals surface area (Å²) in [4.78, 5) is 42.9. The Hall–Kier alpha value is -3.06. The van der Waals surface area contributed by atoms with Crippen LogP contribution in [0.5, 0.6) is 0 Å². The second-order valence-electron chi connectivity index (χ2n) is 12.2. The maximum absolute atomic E-state index is 14.4. The van der Waals surface area contributed by atoms with Crippen LogP contribution >= 0.6 is 11.6 Å². The molecule has 2 unspecified atom stereocenters. The van der Waals surface area contributed by atoms with Crippen molar-refractivity contribution in [2.24, 2.45) is 5.92 Å². The minimum atomic E-state index is -0.935. The number of amides is 3. The van der Waals surface area contributed by atoms with Crippen LogP contribution in [0.4, 0.5) is 10.5 Å². The van der Waals surface area contributed by atoms with E-state index < -0.39 is 23.8 Å². The van der Waals surface area contributed by atoms with Gasteiger partial charge in [-0.15, -0.1) is 0 Å². The van der Waals surface area contributed by atoms with Crippen LogP contribution in [0.15, 0.2) is 42.5 Å². The number of anilines is 1. The van der Waals surface area contributed by atoms with Crippen LogP contribution in [0.3, 0.4) is 0 Å². The average Bonchev–Trinajstić information content (AvgIpc) is 2.86. The van der Waals surface area contributed by atoms with Gasteiger partial charge in [0.15, 0.2) is 0 Å². The van der Waals surface area contributed by atoms with Crippen molar-refractivity contribution < 1.29 is 19.1 Å². The number of rotatable bonds is 13. The molecule has 2 rings (SSSR count). The van der Waals surface area contributed by atoms with Gasteiger partial charge in [-0.05, 0) is 70.6 Å². The molecule has 2 atom stereocenters. The molecule has 0 saturated carbocycles. The van der Waals surface area contributed by atoms with E-state index >= 15 is 0 Å². The predicted octanol–water partition coefficient (Wildman–Crippen LogP) is 7.98. The minimum Gasteiger partial charge on any atom is -0.444 e. The monoisotopic (exact) mass is 585 g/mol. The van der Waals surface area contributed by atoms with Crippen molar-refractivity contribution in [3.05, 3.63) is 64.2 Å². The maximum Gasteiger partial charge on any atom is 0.408 e. The topological polar surface area (TPSA) is 87.7 Å². The number of carbonyl (C=O) groups is 3. The highest BCUT2D eigenvalue weighted by Crippen LogP contribution is 2.30. The largest absolute Gasteiger partial charge is 0.444 e. The van der Waals surface area contributed by atoms with E-state index in [1.807, 2.05) is 64.1 Å². The van der Waals surface area contributed by atoms with Gasteiger partial charge in [0, 0.05) is 6.54 Å². The number of unbranched alkanes of at least 4 members (excludes halogenated alkanes) is 3. The number of para-hydroxylation sites is 1. The molecule has 226 valence electrons. The van der Waals surface area contributed by atoms with E-state index in [9.17, 15) is 14.4 Å². The summed E-state index contributed by atoms with van der Waals surface area (Å²) in [5.74, 6) is -0.578. The number of carbonyl (C=O) groups excluding carboxylic acids is 3. The second-order valence-corrected chi connectivity index (χ2v) is 12.6. The Morgan fingerprint density at radius 1 is 0.976 bits per heavy atom. The lowest BCUT2D eigenvalue weighted by Gasteiger charge is -2.35. The molecule has 0 aliphatic heterocycles. The number of halogens is 1. The molecule has 0 radical (unpaired) electrons. The number of alkyl carbamates (subject to hydrolysis) is 1. The molecule has 2 aromatic carbocycles. The van der Waals surface area contributed by atoms with E-state index in [0.717, 1.165) is 36.8 Å². The lowest BCUT2D eigenvalue weighted by atomic mass is 9.98. The molecule has 8 heteroatoms. The summed E-state index contributed by atoms with van der Waals surface area (Å²) >= 11 is 6.47. The van der Waals surface area contributed by atoms with Crippen molar-refractivity contribution in [1.82, 2.24) is 10.2 Å². The molecule has 0 saturated heterocycles. The van der Waals surface area contributed by atoms with Gasteiger partial charge in [-0.2, -0.15) is 0 Å². The molecular formula is C33H48ClN3O4. The van der Waals surface area contributed by atoms with Crippen LogP contribution in [0.25, 0.3) is 0 Å². The summed E-state index contributed by atoms with van der Waals surface area (Å²) in [5.41, 5.74) is 2.34. The Balaban J connectivity index is 2.57. The van der Waals surface area contributed by atoms with Gasteiger partial charge in [0.25, 0.3) is 5.91 Å². The van der Waals surface area contributed by atoms with Gasteiger partial charge < -0.3 is 20.3 Å². The highest BCUT2D eigenvalue weighted by atomic mass is 35.5. The zero-order chi connectivity index (χ0) is 30.7. The third-order valence-electron chi connectivity index (χ3n) is 6.66. The van der Waals surface area contributed by atoms with Gasteiger partial charge in [0.05, 0.1) is 10.7 Å². The molecule has 0 aliphatic carbocycles. The third-order valence-corrected chi connectivity index (χ3v) is 6.97. The summed E-state index contributed by atoms with van der Waals surface area (Å²) < 4.78 is 5.49. The summed E-state index contributed by atoms with van der Waals surface area (Å²) in [6.45, 7) is 15.7. The smallest absolute Gasteiger partial charge is 0.408 e. The van der Waals surface area contributed by atoms with E-state index in [4.69, 9.17) is 16.3 Å². The number of nitrogens with zero attached hydrogens (tertiary/aromatic N) is 1. The Labute approximate surface area is 251 Å². The SMILES string of the molecule is CCCCCCN(C(=O)C(CC(C)C)NC(=O)OC(C)(C)C)C(C(=O)Nc1c(C)cccc1Cl)c1ccc(C)cc1. The van der Waals surface area contributed by atoms with E-state index in [-0.39, 0.29) is 17.7 Å². The quantitative estimate of drug-likeness (QED) is 0.233. The summed E-state index contributed by atoms with van der Waals surface area (Å²) in [6.07, 6.45) is 3.44. The first-order valence-corrected chi connectivity index (χ1v) is 15.0. The molecule has 0 aromatic heterocycles. The zero-order valence-electron chi connectivity index (χ0n) is 26.0. The molecule has 3 amide bonds. The normalized spacial score (nSPS) is 12.9. The first kappa shape index (κ1) is 34.1. The molecule has 0 fully saturated rings. The first-order valence-electron chi connectivity index (χ1n) is 14.7. The lowest BCUT2D eigenvalue weighted by Crippen LogP contribution is -2.53. The van der Waals surface area contributed by atoms with Gasteiger partial charge in [-0.25, -0.2) is 4.79 Å². The van der Waals surface area contributed by atoms with Crippen molar-refractivity contribution in [2.75, 3.05) is 11.9 Å². The van der Waals surface area contributed by atoms with Gasteiger partial charge in [-0.3, -0.25) is 9.59 Å². The van der Waals surface area contributed by atoms with Crippen LogP contribution in [0, 0.1) is 19.8 Å². The standard InChI is InChI=1S/C33H48ClN3O4/c1-9-10-11-12-20-37(31(39)27(21-22(2)3)35-32(40)41-33(6,7)8)29(25-18-16-23(4)17-19-25)30(38)36-28-24(5)14-13-15-26(28)34/h13-19,22,27,29H,9-12,20-21H2,1-8H3,(H,35,40)(H,36,38). The Kier molecular flexibility index (Phi) is 13.2. The van der Waals surface area contributed by atoms with E-state index in [0.29, 0.717) is 29.2 Å². The highest BCUT2D eigenvalue weighted by Gasteiger charge is 2.36. The van der Waals surface area contributed by atoms with Gasteiger partial charge >= 0.3 is 6.09 Å². The molecule has 7 nitrogen and oxygen atoms in total.